The Morgan fingerprint density at radius 3 is 2.21 bits per heavy atom. The third kappa shape index (κ3) is 11.1. The number of ether oxygens (including phenoxy) is 1. The Bertz CT molecular complexity index is 735. The van der Waals surface area contributed by atoms with E-state index in [9.17, 15) is 28.8 Å². The summed E-state index contributed by atoms with van der Waals surface area (Å²) in [5.74, 6) is -1.88. The van der Waals surface area contributed by atoms with E-state index < -0.39 is 23.9 Å². The van der Waals surface area contributed by atoms with E-state index >= 15 is 0 Å². The van der Waals surface area contributed by atoms with Gasteiger partial charge in [-0.25, -0.2) is 4.79 Å². The van der Waals surface area contributed by atoms with Gasteiger partial charge in [0.05, 0.1) is 6.61 Å². The average Bonchev–Trinajstić information content (AvgIpc) is 3.11. The highest BCUT2D eigenvalue weighted by Gasteiger charge is 2.23. The maximum absolute atomic E-state index is 12.5. The smallest absolute Gasteiger partial charge is 0.407 e. The summed E-state index contributed by atoms with van der Waals surface area (Å²) in [5, 5.41) is 10.5. The Labute approximate surface area is 192 Å². The van der Waals surface area contributed by atoms with Crippen molar-refractivity contribution < 1.29 is 33.5 Å². The van der Waals surface area contributed by atoms with Crippen molar-refractivity contribution in [1.29, 1.82) is 0 Å². The molecule has 0 aromatic rings. The lowest BCUT2D eigenvalue weighted by Gasteiger charge is -2.18. The SMILES string of the molecule is CCOC(=O)NCCCCC(NC(=O)CC)C(=O)NCCNC(=O)CCN1C(=O)C=CC1=O. The Morgan fingerprint density at radius 2 is 1.58 bits per heavy atom. The number of nitrogens with zero attached hydrogens (tertiary/aromatic N) is 1. The van der Waals surface area contributed by atoms with Crippen LogP contribution in [-0.4, -0.2) is 79.4 Å². The fourth-order valence-corrected chi connectivity index (χ4v) is 2.88. The summed E-state index contributed by atoms with van der Waals surface area (Å²) < 4.78 is 4.76. The molecule has 0 saturated carbocycles. The molecular weight excluding hydrogens is 434 g/mol. The van der Waals surface area contributed by atoms with E-state index in [-0.39, 0.29) is 56.8 Å². The zero-order chi connectivity index (χ0) is 24.6. The zero-order valence-corrected chi connectivity index (χ0v) is 19.1. The van der Waals surface area contributed by atoms with Crippen molar-refractivity contribution in [1.82, 2.24) is 26.2 Å². The van der Waals surface area contributed by atoms with Gasteiger partial charge in [-0.2, -0.15) is 0 Å². The summed E-state index contributed by atoms with van der Waals surface area (Å²) in [7, 11) is 0. The fourth-order valence-electron chi connectivity index (χ4n) is 2.88. The standard InChI is InChI=1S/C21H33N5O7/c1-3-16(27)25-15(7-5-6-11-24-21(32)33-4-2)20(31)23-13-12-22-17(28)10-14-26-18(29)8-9-19(26)30/h8-9,15H,3-7,10-14H2,1-2H3,(H,22,28)(H,23,31)(H,24,32)(H,25,27). The van der Waals surface area contributed by atoms with Crippen molar-refractivity contribution in [2.75, 3.05) is 32.8 Å². The largest absolute Gasteiger partial charge is 0.450 e. The molecule has 4 N–H and O–H groups in total. The Kier molecular flexibility index (Phi) is 12.9. The van der Waals surface area contributed by atoms with Crippen LogP contribution in [0.15, 0.2) is 12.2 Å². The second kappa shape index (κ2) is 15.4. The second-order valence-electron chi connectivity index (χ2n) is 7.17. The molecule has 1 atom stereocenters. The molecule has 1 aliphatic rings. The minimum atomic E-state index is -0.726. The van der Waals surface area contributed by atoms with E-state index in [1.54, 1.807) is 13.8 Å². The van der Waals surface area contributed by atoms with Crippen molar-refractivity contribution in [3.05, 3.63) is 12.2 Å². The molecule has 0 aromatic carbocycles. The van der Waals surface area contributed by atoms with Crippen LogP contribution in [0.4, 0.5) is 4.79 Å². The Morgan fingerprint density at radius 1 is 0.909 bits per heavy atom. The number of rotatable bonds is 15. The van der Waals surface area contributed by atoms with Gasteiger partial charge in [-0.05, 0) is 26.2 Å². The predicted molar refractivity (Wildman–Crippen MR) is 118 cm³/mol. The molecule has 0 bridgehead atoms. The molecule has 1 heterocycles. The number of nitrogens with one attached hydrogen (secondary N) is 4. The molecule has 12 nitrogen and oxygen atoms in total. The summed E-state index contributed by atoms with van der Waals surface area (Å²) in [6.45, 7) is 4.36. The number of hydrogen-bond acceptors (Lipinski definition) is 7. The molecule has 0 aromatic heterocycles. The summed E-state index contributed by atoms with van der Waals surface area (Å²) in [6.07, 6.45) is 3.60. The summed E-state index contributed by atoms with van der Waals surface area (Å²) in [4.78, 5) is 71.2. The van der Waals surface area contributed by atoms with Crippen LogP contribution in [0.1, 0.15) is 46.0 Å². The first kappa shape index (κ1) is 27.6. The van der Waals surface area contributed by atoms with Gasteiger partial charge in [-0.15, -0.1) is 0 Å². The summed E-state index contributed by atoms with van der Waals surface area (Å²) >= 11 is 0. The molecule has 184 valence electrons. The van der Waals surface area contributed by atoms with E-state index in [0.29, 0.717) is 25.8 Å². The van der Waals surface area contributed by atoms with E-state index in [1.807, 2.05) is 0 Å². The molecule has 1 aliphatic heterocycles. The molecule has 6 amide bonds. The number of hydrogen-bond donors (Lipinski definition) is 4. The molecule has 0 spiro atoms. The van der Waals surface area contributed by atoms with Gasteiger partial charge in [0, 0.05) is 51.2 Å². The number of amides is 6. The molecule has 1 rings (SSSR count). The quantitative estimate of drug-likeness (QED) is 0.184. The van der Waals surface area contributed by atoms with E-state index in [2.05, 4.69) is 21.3 Å². The van der Waals surface area contributed by atoms with E-state index in [0.717, 1.165) is 17.1 Å². The normalized spacial score (nSPS) is 13.5. The number of carbonyl (C=O) groups is 6. The second-order valence-corrected chi connectivity index (χ2v) is 7.17. The van der Waals surface area contributed by atoms with Gasteiger partial charge in [0.25, 0.3) is 11.8 Å². The van der Waals surface area contributed by atoms with Gasteiger partial charge >= 0.3 is 6.09 Å². The number of unbranched alkanes of at least 4 members (excludes halogenated alkanes) is 1. The van der Waals surface area contributed by atoms with Gasteiger partial charge in [-0.1, -0.05) is 6.92 Å². The summed E-state index contributed by atoms with van der Waals surface area (Å²) in [6, 6.07) is -0.726. The monoisotopic (exact) mass is 467 g/mol. The number of carbonyl (C=O) groups excluding carboxylic acids is 6. The molecule has 1 unspecified atom stereocenters. The van der Waals surface area contributed by atoms with Crippen LogP contribution in [0.2, 0.25) is 0 Å². The van der Waals surface area contributed by atoms with Gasteiger partial charge in [0.15, 0.2) is 0 Å². The van der Waals surface area contributed by atoms with Crippen molar-refractivity contribution in [3.8, 4) is 0 Å². The highest BCUT2D eigenvalue weighted by atomic mass is 16.5. The third-order valence-electron chi connectivity index (χ3n) is 4.65. The molecule has 33 heavy (non-hydrogen) atoms. The first-order chi connectivity index (χ1) is 15.8. The van der Waals surface area contributed by atoms with Gasteiger partial charge in [0.1, 0.15) is 6.04 Å². The van der Waals surface area contributed by atoms with Crippen molar-refractivity contribution in [3.63, 3.8) is 0 Å². The maximum atomic E-state index is 12.5. The lowest BCUT2D eigenvalue weighted by Crippen LogP contribution is -2.48. The highest BCUT2D eigenvalue weighted by Crippen LogP contribution is 2.04. The molecular formula is C21H33N5O7. The molecule has 0 saturated heterocycles. The zero-order valence-electron chi connectivity index (χ0n) is 19.1. The minimum Gasteiger partial charge on any atom is -0.450 e. The van der Waals surface area contributed by atoms with Crippen LogP contribution in [-0.2, 0) is 28.7 Å². The van der Waals surface area contributed by atoms with Crippen LogP contribution >= 0.6 is 0 Å². The average molecular weight is 468 g/mol. The van der Waals surface area contributed by atoms with Crippen LogP contribution < -0.4 is 21.3 Å². The van der Waals surface area contributed by atoms with Crippen LogP contribution in [0.25, 0.3) is 0 Å². The first-order valence-electron chi connectivity index (χ1n) is 11.1. The van der Waals surface area contributed by atoms with E-state index in [1.165, 1.54) is 0 Å². The number of alkyl carbamates (subject to hydrolysis) is 1. The lowest BCUT2D eigenvalue weighted by molar-refractivity contribution is -0.137. The maximum Gasteiger partial charge on any atom is 0.407 e. The van der Waals surface area contributed by atoms with Crippen molar-refractivity contribution >= 4 is 35.6 Å². The van der Waals surface area contributed by atoms with Crippen LogP contribution in [0.5, 0.6) is 0 Å². The van der Waals surface area contributed by atoms with E-state index in [4.69, 9.17) is 4.74 Å². The molecule has 0 radical (unpaired) electrons. The Hall–Kier alpha value is -3.44. The predicted octanol–water partition coefficient (Wildman–Crippen LogP) is -0.655. The first-order valence-corrected chi connectivity index (χ1v) is 11.1. The van der Waals surface area contributed by atoms with Gasteiger partial charge < -0.3 is 26.0 Å². The van der Waals surface area contributed by atoms with Crippen molar-refractivity contribution in [2.45, 2.75) is 52.0 Å². The van der Waals surface area contributed by atoms with Gasteiger partial charge in [0.2, 0.25) is 17.7 Å². The molecule has 0 fully saturated rings. The third-order valence-corrected chi connectivity index (χ3v) is 4.65. The number of imide groups is 1. The van der Waals surface area contributed by atoms with Crippen LogP contribution in [0.3, 0.4) is 0 Å². The minimum absolute atomic E-state index is 0.0149. The van der Waals surface area contributed by atoms with Gasteiger partial charge in [-0.3, -0.25) is 28.9 Å². The fraction of sp³-hybridized carbons (Fsp3) is 0.619. The molecule has 0 aliphatic carbocycles. The Balaban J connectivity index is 2.29. The van der Waals surface area contributed by atoms with Crippen LogP contribution in [0, 0.1) is 0 Å². The van der Waals surface area contributed by atoms with Crippen molar-refractivity contribution in [2.24, 2.45) is 0 Å². The highest BCUT2D eigenvalue weighted by molar-refractivity contribution is 6.13. The lowest BCUT2D eigenvalue weighted by atomic mass is 10.1. The molecule has 12 heteroatoms. The summed E-state index contributed by atoms with van der Waals surface area (Å²) in [5.41, 5.74) is 0. The topological polar surface area (TPSA) is 163 Å².